The standard InChI is InChI=1S/C29H27ClF2N8O3/c1-39-12-8-17(9-13-39)35-27-25-23(7-10-33-26(25)37-38-27)43-24-14-20(30)22(15-21(24)32)36-28(41)19-6-11-34-40(29(19)42)18-4-2-16(31)3-5-18/h2-7,10-11,14,17,21H,8-9,12-13,15H2,1H3,(H,36,41)(H2,33,35,37,38). The summed E-state index contributed by atoms with van der Waals surface area (Å²) in [6.07, 6.45) is 4.05. The fourth-order valence-electron chi connectivity index (χ4n) is 5.02. The van der Waals surface area contributed by atoms with Crippen molar-refractivity contribution >= 4 is 34.4 Å². The molecule has 43 heavy (non-hydrogen) atoms. The number of rotatable bonds is 7. The Bertz CT molecular complexity index is 1800. The molecule has 1 saturated heterocycles. The minimum Gasteiger partial charge on any atom is -0.458 e. The van der Waals surface area contributed by atoms with Crippen LogP contribution in [-0.4, -0.2) is 68.1 Å². The van der Waals surface area contributed by atoms with Gasteiger partial charge in [0.15, 0.2) is 17.6 Å². The van der Waals surface area contributed by atoms with Crippen LogP contribution in [0.25, 0.3) is 16.7 Å². The summed E-state index contributed by atoms with van der Waals surface area (Å²) in [4.78, 5) is 32.6. The monoisotopic (exact) mass is 608 g/mol. The van der Waals surface area contributed by atoms with Crippen molar-refractivity contribution in [3.63, 3.8) is 0 Å². The third-order valence-corrected chi connectivity index (χ3v) is 7.72. The maximum Gasteiger partial charge on any atom is 0.284 e. The van der Waals surface area contributed by atoms with Crippen LogP contribution in [0.4, 0.5) is 14.6 Å². The molecule has 1 aliphatic heterocycles. The number of allylic oxidation sites excluding steroid dienone is 4. The summed E-state index contributed by atoms with van der Waals surface area (Å²) in [5, 5.41) is 17.9. The maximum atomic E-state index is 15.4. The number of ether oxygens (including phenoxy) is 1. The Balaban J connectivity index is 1.21. The van der Waals surface area contributed by atoms with Crippen LogP contribution < -0.4 is 20.9 Å². The van der Waals surface area contributed by atoms with Crippen molar-refractivity contribution in [3.8, 4) is 11.4 Å². The first-order chi connectivity index (χ1) is 20.8. The van der Waals surface area contributed by atoms with Gasteiger partial charge in [-0.15, -0.1) is 0 Å². The van der Waals surface area contributed by atoms with Gasteiger partial charge in [0.25, 0.3) is 11.5 Å². The van der Waals surface area contributed by atoms with Crippen LogP contribution in [0.3, 0.4) is 0 Å². The molecule has 1 aliphatic carbocycles. The number of fused-ring (bicyclic) bond motifs is 1. The second-order valence-electron chi connectivity index (χ2n) is 10.4. The van der Waals surface area contributed by atoms with Gasteiger partial charge in [-0.2, -0.15) is 14.9 Å². The number of amides is 1. The molecule has 1 aromatic carbocycles. The molecule has 11 nitrogen and oxygen atoms in total. The third kappa shape index (κ3) is 5.99. The van der Waals surface area contributed by atoms with Crippen molar-refractivity contribution in [2.75, 3.05) is 25.5 Å². The zero-order chi connectivity index (χ0) is 30.1. The number of aromatic amines is 1. The van der Waals surface area contributed by atoms with E-state index in [4.69, 9.17) is 16.3 Å². The summed E-state index contributed by atoms with van der Waals surface area (Å²) >= 11 is 6.45. The number of nitrogens with one attached hydrogen (secondary N) is 3. The lowest BCUT2D eigenvalue weighted by atomic mass is 10.1. The number of carbonyl (C=O) groups excluding carboxylic acids is 1. The highest BCUT2D eigenvalue weighted by molar-refractivity contribution is 6.31. The van der Waals surface area contributed by atoms with E-state index in [1.165, 1.54) is 48.8 Å². The number of hydrogen-bond donors (Lipinski definition) is 3. The van der Waals surface area contributed by atoms with Crippen molar-refractivity contribution in [3.05, 3.63) is 93.1 Å². The fraction of sp³-hybridized carbons (Fsp3) is 0.276. The Morgan fingerprint density at radius 3 is 2.67 bits per heavy atom. The molecule has 1 fully saturated rings. The van der Waals surface area contributed by atoms with Crippen LogP contribution >= 0.6 is 11.6 Å². The van der Waals surface area contributed by atoms with Crippen molar-refractivity contribution in [2.45, 2.75) is 31.5 Å². The van der Waals surface area contributed by atoms with Crippen molar-refractivity contribution in [1.82, 2.24) is 35.2 Å². The summed E-state index contributed by atoms with van der Waals surface area (Å²) in [5.74, 6) is -0.412. The summed E-state index contributed by atoms with van der Waals surface area (Å²) in [5.41, 5.74) is -0.137. The number of alkyl halides is 1. The molecule has 6 rings (SSSR count). The van der Waals surface area contributed by atoms with E-state index in [2.05, 4.69) is 42.9 Å². The number of H-pyrrole nitrogens is 1. The summed E-state index contributed by atoms with van der Waals surface area (Å²) in [6, 6.07) is 8.15. The van der Waals surface area contributed by atoms with E-state index in [9.17, 15) is 14.0 Å². The van der Waals surface area contributed by atoms with E-state index in [0.717, 1.165) is 30.6 Å². The quantitative estimate of drug-likeness (QED) is 0.287. The molecule has 0 spiro atoms. The largest absolute Gasteiger partial charge is 0.458 e. The molecule has 1 amide bonds. The number of piperidine rings is 1. The highest BCUT2D eigenvalue weighted by Crippen LogP contribution is 2.35. The molecule has 14 heteroatoms. The van der Waals surface area contributed by atoms with Gasteiger partial charge in [-0.05, 0) is 69.4 Å². The summed E-state index contributed by atoms with van der Waals surface area (Å²) in [7, 11) is 2.09. The van der Waals surface area contributed by atoms with Crippen molar-refractivity contribution in [1.29, 1.82) is 0 Å². The van der Waals surface area contributed by atoms with E-state index in [-0.39, 0.29) is 40.2 Å². The second kappa shape index (κ2) is 11.9. The number of likely N-dealkylation sites (tertiary alicyclic amines) is 1. The second-order valence-corrected chi connectivity index (χ2v) is 10.8. The minimum absolute atomic E-state index is 0.0485. The zero-order valence-electron chi connectivity index (χ0n) is 23.0. The van der Waals surface area contributed by atoms with Gasteiger partial charge < -0.3 is 20.3 Å². The number of anilines is 1. The van der Waals surface area contributed by atoms with Crippen LogP contribution in [0.2, 0.25) is 0 Å². The lowest BCUT2D eigenvalue weighted by Crippen LogP contribution is -2.36. The Hall–Kier alpha value is -4.62. The first-order valence-electron chi connectivity index (χ1n) is 13.6. The van der Waals surface area contributed by atoms with E-state index >= 15 is 4.39 Å². The van der Waals surface area contributed by atoms with Crippen LogP contribution in [0.15, 0.2) is 76.2 Å². The predicted octanol–water partition coefficient (Wildman–Crippen LogP) is 4.03. The molecule has 0 bridgehead atoms. The Kier molecular flexibility index (Phi) is 7.91. The van der Waals surface area contributed by atoms with Gasteiger partial charge in [-0.25, -0.2) is 13.8 Å². The lowest BCUT2D eigenvalue weighted by molar-refractivity contribution is 0.0960. The van der Waals surface area contributed by atoms with Crippen LogP contribution in [-0.2, 0) is 0 Å². The third-order valence-electron chi connectivity index (χ3n) is 7.39. The molecule has 0 saturated carbocycles. The Morgan fingerprint density at radius 2 is 1.91 bits per heavy atom. The molecule has 3 aromatic heterocycles. The molecule has 4 aromatic rings. The molecule has 1 atom stereocenters. The molecular weight excluding hydrogens is 582 g/mol. The first kappa shape index (κ1) is 28.5. The lowest BCUT2D eigenvalue weighted by Gasteiger charge is -2.29. The van der Waals surface area contributed by atoms with Gasteiger partial charge in [-0.3, -0.25) is 14.7 Å². The van der Waals surface area contributed by atoms with Gasteiger partial charge in [0.2, 0.25) is 0 Å². The highest BCUT2D eigenvalue weighted by atomic mass is 35.5. The van der Waals surface area contributed by atoms with Crippen molar-refractivity contribution < 1.29 is 18.3 Å². The van der Waals surface area contributed by atoms with Crippen molar-refractivity contribution in [2.24, 2.45) is 0 Å². The number of aromatic nitrogens is 5. The molecule has 222 valence electrons. The molecule has 0 radical (unpaired) electrons. The number of carbonyl (C=O) groups is 1. The Morgan fingerprint density at radius 1 is 1.14 bits per heavy atom. The smallest absolute Gasteiger partial charge is 0.284 e. The summed E-state index contributed by atoms with van der Waals surface area (Å²) in [6.45, 7) is 1.93. The molecule has 1 unspecified atom stereocenters. The fourth-order valence-corrected chi connectivity index (χ4v) is 5.26. The Labute approximate surface area is 249 Å². The molecule has 2 aliphatic rings. The zero-order valence-corrected chi connectivity index (χ0v) is 23.7. The number of pyridine rings is 1. The topological polar surface area (TPSA) is 130 Å². The van der Waals surface area contributed by atoms with E-state index in [0.29, 0.717) is 22.6 Å². The molecular formula is C29H27ClF2N8O3. The van der Waals surface area contributed by atoms with Gasteiger partial charge >= 0.3 is 0 Å². The highest BCUT2D eigenvalue weighted by Gasteiger charge is 2.28. The van der Waals surface area contributed by atoms with Gasteiger partial charge in [0.05, 0.1) is 10.7 Å². The number of hydrogen-bond acceptors (Lipinski definition) is 8. The average molecular weight is 609 g/mol. The average Bonchev–Trinajstić information content (AvgIpc) is 3.41. The van der Waals surface area contributed by atoms with E-state index in [1.807, 2.05) is 0 Å². The molecule has 3 N–H and O–H groups in total. The van der Waals surface area contributed by atoms with Crippen LogP contribution in [0.1, 0.15) is 29.6 Å². The summed E-state index contributed by atoms with van der Waals surface area (Å²) < 4.78 is 35.7. The van der Waals surface area contributed by atoms with Gasteiger partial charge in [0, 0.05) is 36.6 Å². The van der Waals surface area contributed by atoms with Crippen LogP contribution in [0, 0.1) is 5.82 Å². The van der Waals surface area contributed by atoms with Crippen LogP contribution in [0.5, 0.6) is 5.75 Å². The van der Waals surface area contributed by atoms with Gasteiger partial charge in [0.1, 0.15) is 28.3 Å². The number of nitrogens with zero attached hydrogens (tertiary/aromatic N) is 5. The normalized spacial score (nSPS) is 18.0. The number of benzene rings is 1. The minimum atomic E-state index is -1.65. The maximum absolute atomic E-state index is 15.4. The molecule has 4 heterocycles. The number of halogens is 3. The van der Waals surface area contributed by atoms with E-state index in [1.54, 1.807) is 6.07 Å². The SMILES string of the molecule is CN1CCC(Nc2n[nH]c3nccc(OC4=CC(Cl)=C(NC(=O)c5ccnn(-c6ccc(F)cc6)c5=O)CC4F)c23)CC1. The first-order valence-corrected chi connectivity index (χ1v) is 14.0. The predicted molar refractivity (Wildman–Crippen MR) is 156 cm³/mol. The van der Waals surface area contributed by atoms with E-state index < -0.39 is 23.5 Å². The van der Waals surface area contributed by atoms with Gasteiger partial charge in [-0.1, -0.05) is 11.6 Å².